The lowest BCUT2D eigenvalue weighted by atomic mass is 9.85. The Hall–Kier alpha value is -6.38. The fourth-order valence-electron chi connectivity index (χ4n) is 8.71. The lowest BCUT2D eigenvalue weighted by Gasteiger charge is -2.20. The predicted octanol–water partition coefficient (Wildman–Crippen LogP) is 15.2. The first-order valence-electron chi connectivity index (χ1n) is 19.4. The summed E-state index contributed by atoms with van der Waals surface area (Å²) in [4.78, 5) is 0. The number of allylic oxidation sites excluding steroid dienone is 2. The molecule has 0 aliphatic heterocycles. The number of hydrogen-bond donors (Lipinski definition) is 0. The Morgan fingerprint density at radius 2 is 1.15 bits per heavy atom. The zero-order valence-corrected chi connectivity index (χ0v) is 32.1. The molecule has 0 saturated carbocycles. The van der Waals surface area contributed by atoms with E-state index < -0.39 is 0 Å². The smallest absolute Gasteiger partial charge is 0.159 e. The fourth-order valence-corrected chi connectivity index (χ4v) is 8.71. The van der Waals surface area contributed by atoms with Crippen LogP contribution in [0.1, 0.15) is 61.8 Å². The molecule has 2 aromatic heterocycles. The first-order valence-corrected chi connectivity index (χ1v) is 19.4. The highest BCUT2D eigenvalue weighted by Gasteiger charge is 2.22. The van der Waals surface area contributed by atoms with Gasteiger partial charge in [-0.25, -0.2) is 0 Å². The Balaban J connectivity index is 0.000000949. The van der Waals surface area contributed by atoms with Crippen LogP contribution in [-0.4, -0.2) is 4.57 Å². The molecule has 268 valence electrons. The maximum atomic E-state index is 6.77. The first-order chi connectivity index (χ1) is 26.9. The Kier molecular flexibility index (Phi) is 8.63. The number of hydrogen-bond acceptors (Lipinski definition) is 1. The van der Waals surface area contributed by atoms with Gasteiger partial charge in [0.25, 0.3) is 0 Å². The third-order valence-corrected chi connectivity index (χ3v) is 11.3. The number of benzene rings is 7. The highest BCUT2D eigenvalue weighted by Crippen LogP contribution is 2.43. The highest BCUT2D eigenvalue weighted by atomic mass is 16.3. The van der Waals surface area contributed by atoms with Crippen molar-refractivity contribution in [2.75, 3.05) is 0 Å². The molecule has 0 unspecified atom stereocenters. The van der Waals surface area contributed by atoms with Crippen LogP contribution < -0.4 is 0 Å². The summed E-state index contributed by atoms with van der Waals surface area (Å²) in [7, 11) is 0. The summed E-state index contributed by atoms with van der Waals surface area (Å²) in [6.45, 7) is 15.9. The lowest BCUT2D eigenvalue weighted by molar-refractivity contribution is 0.666. The van der Waals surface area contributed by atoms with Crippen LogP contribution in [-0.2, 0) is 6.42 Å². The molecule has 10 rings (SSSR count). The van der Waals surface area contributed by atoms with Gasteiger partial charge in [0.15, 0.2) is 5.58 Å². The predicted molar refractivity (Wildman–Crippen MR) is 236 cm³/mol. The second kappa shape index (κ2) is 13.8. The van der Waals surface area contributed by atoms with Gasteiger partial charge in [-0.2, -0.15) is 0 Å². The normalized spacial score (nSPS) is 12.0. The van der Waals surface area contributed by atoms with E-state index in [9.17, 15) is 0 Å². The summed E-state index contributed by atoms with van der Waals surface area (Å²) in [5.74, 6) is 0.864. The summed E-state index contributed by atoms with van der Waals surface area (Å²) in [5.41, 5.74) is 18.7. The first kappa shape index (κ1) is 34.4. The van der Waals surface area contributed by atoms with Crippen molar-refractivity contribution in [3.8, 4) is 39.1 Å². The molecular formula is C53H45NO. The van der Waals surface area contributed by atoms with Crippen molar-refractivity contribution in [3.63, 3.8) is 0 Å². The van der Waals surface area contributed by atoms with E-state index in [-0.39, 0.29) is 0 Å². The zero-order chi connectivity index (χ0) is 37.8. The fraction of sp³-hybridized carbons (Fsp3) is 0.132. The van der Waals surface area contributed by atoms with E-state index in [0.29, 0.717) is 11.8 Å². The Morgan fingerprint density at radius 3 is 1.93 bits per heavy atom. The molecule has 9 aromatic rings. The summed E-state index contributed by atoms with van der Waals surface area (Å²) < 4.78 is 9.17. The van der Waals surface area contributed by atoms with E-state index in [4.69, 9.17) is 4.42 Å². The largest absolute Gasteiger partial charge is 0.454 e. The standard InChI is InChI=1S/C49H39NO.C4H6/c1-29(2)36-14-9-15-37(30(3)4)48(36)35-21-23-45-42(28-35)39-13-7-8-17-44(39)50(45)46-18-10-16-40-43-27-32(22-24-47(43)51-49(40)46)31-19-20-34-25-33-11-5-6-12-38(33)41(34)26-31;1-3-4-2/h5-24,26-30H,25H2,1-4H3;3-4H,1-2H2. The molecule has 0 atom stereocenters. The van der Waals surface area contributed by atoms with Crippen LogP contribution >= 0.6 is 0 Å². The number of para-hydroxylation sites is 2. The van der Waals surface area contributed by atoms with Crippen LogP contribution in [0.2, 0.25) is 0 Å². The van der Waals surface area contributed by atoms with E-state index in [1.54, 1.807) is 12.2 Å². The molecule has 0 saturated heterocycles. The van der Waals surface area contributed by atoms with Gasteiger partial charge in [0, 0.05) is 21.5 Å². The van der Waals surface area contributed by atoms with E-state index >= 15 is 0 Å². The summed E-state index contributed by atoms with van der Waals surface area (Å²) in [5, 5.41) is 4.77. The summed E-state index contributed by atoms with van der Waals surface area (Å²) >= 11 is 0. The average molecular weight is 712 g/mol. The molecule has 2 nitrogen and oxygen atoms in total. The molecule has 2 heterocycles. The zero-order valence-electron chi connectivity index (χ0n) is 32.1. The van der Waals surface area contributed by atoms with Gasteiger partial charge >= 0.3 is 0 Å². The third-order valence-electron chi connectivity index (χ3n) is 11.3. The number of furan rings is 1. The van der Waals surface area contributed by atoms with Crippen LogP contribution in [0, 0.1) is 0 Å². The van der Waals surface area contributed by atoms with Gasteiger partial charge < -0.3 is 8.98 Å². The SMILES string of the molecule is C=CC=C.CC(C)c1cccc(C(C)C)c1-c1ccc2c(c1)c1ccccc1n2-c1cccc2c1oc1ccc(-c3ccc4c(c3)-c3ccccc3C4)cc12. The van der Waals surface area contributed by atoms with Gasteiger partial charge in [-0.15, -0.1) is 0 Å². The molecule has 0 radical (unpaired) electrons. The molecule has 0 fully saturated rings. The van der Waals surface area contributed by atoms with E-state index in [0.717, 1.165) is 34.0 Å². The van der Waals surface area contributed by atoms with Crippen molar-refractivity contribution in [1.82, 2.24) is 4.57 Å². The Morgan fingerprint density at radius 1 is 0.527 bits per heavy atom. The summed E-state index contributed by atoms with van der Waals surface area (Å²) in [6, 6.07) is 51.7. The average Bonchev–Trinajstić information content (AvgIpc) is 3.89. The molecule has 2 heteroatoms. The van der Waals surface area contributed by atoms with Crippen LogP contribution in [0.3, 0.4) is 0 Å². The van der Waals surface area contributed by atoms with Crippen molar-refractivity contribution in [1.29, 1.82) is 0 Å². The molecule has 55 heavy (non-hydrogen) atoms. The van der Waals surface area contributed by atoms with Crippen molar-refractivity contribution in [2.45, 2.75) is 46.0 Å². The van der Waals surface area contributed by atoms with E-state index in [1.807, 2.05) is 0 Å². The Labute approximate surface area is 323 Å². The third kappa shape index (κ3) is 5.72. The van der Waals surface area contributed by atoms with Crippen LogP contribution in [0.5, 0.6) is 0 Å². The van der Waals surface area contributed by atoms with Gasteiger partial charge in [-0.1, -0.05) is 150 Å². The molecule has 1 aliphatic carbocycles. The van der Waals surface area contributed by atoms with E-state index in [1.165, 1.54) is 77.4 Å². The van der Waals surface area contributed by atoms with Gasteiger partial charge in [0.1, 0.15) is 5.58 Å². The van der Waals surface area contributed by atoms with Crippen LogP contribution in [0.15, 0.2) is 169 Å². The lowest BCUT2D eigenvalue weighted by Crippen LogP contribution is -2.00. The van der Waals surface area contributed by atoms with Gasteiger partial charge in [0.2, 0.25) is 0 Å². The van der Waals surface area contributed by atoms with Crippen molar-refractivity contribution >= 4 is 43.7 Å². The molecule has 7 aromatic carbocycles. The molecule has 1 aliphatic rings. The maximum absolute atomic E-state index is 6.77. The second-order valence-electron chi connectivity index (χ2n) is 15.3. The molecule has 0 amide bonds. The quantitative estimate of drug-likeness (QED) is 0.157. The number of aromatic nitrogens is 1. The van der Waals surface area contributed by atoms with Crippen molar-refractivity contribution in [3.05, 3.63) is 187 Å². The molecule has 0 bridgehead atoms. The van der Waals surface area contributed by atoms with Gasteiger partial charge in [-0.3, -0.25) is 0 Å². The topological polar surface area (TPSA) is 18.1 Å². The van der Waals surface area contributed by atoms with Crippen molar-refractivity contribution < 1.29 is 4.42 Å². The van der Waals surface area contributed by atoms with Crippen molar-refractivity contribution in [2.24, 2.45) is 0 Å². The van der Waals surface area contributed by atoms with Crippen LogP contribution in [0.25, 0.3) is 82.8 Å². The van der Waals surface area contributed by atoms with E-state index in [2.05, 4.69) is 185 Å². The van der Waals surface area contributed by atoms with Gasteiger partial charge in [0.05, 0.1) is 16.7 Å². The number of rotatable bonds is 6. The Bertz CT molecular complexity index is 2910. The van der Waals surface area contributed by atoms with Crippen LogP contribution in [0.4, 0.5) is 0 Å². The molecular weight excluding hydrogens is 667 g/mol. The monoisotopic (exact) mass is 711 g/mol. The molecule has 0 spiro atoms. The maximum Gasteiger partial charge on any atom is 0.159 e. The number of fused-ring (bicyclic) bond motifs is 9. The second-order valence-corrected chi connectivity index (χ2v) is 15.3. The highest BCUT2D eigenvalue weighted by molar-refractivity contribution is 6.14. The minimum Gasteiger partial charge on any atom is -0.454 e. The minimum atomic E-state index is 0.432. The molecule has 0 N–H and O–H groups in total. The van der Waals surface area contributed by atoms with Gasteiger partial charge in [-0.05, 0) is 116 Å². The summed E-state index contributed by atoms with van der Waals surface area (Å²) in [6.07, 6.45) is 4.29. The number of nitrogens with zero attached hydrogens (tertiary/aromatic N) is 1. The minimum absolute atomic E-state index is 0.432.